The molecule has 0 saturated heterocycles. The van der Waals surface area contributed by atoms with Gasteiger partial charge in [-0.3, -0.25) is 19.2 Å². The largest absolute Gasteiger partial charge is 0.326 e. The third-order valence-electron chi connectivity index (χ3n) is 8.94. The van der Waals surface area contributed by atoms with E-state index in [-0.39, 0.29) is 12.8 Å². The van der Waals surface area contributed by atoms with Crippen molar-refractivity contribution in [3.05, 3.63) is 119 Å². The third-order valence-corrected chi connectivity index (χ3v) is 8.94. The number of aryl methyl sites for hydroxylation is 4. The van der Waals surface area contributed by atoms with Gasteiger partial charge in [0.2, 0.25) is 23.6 Å². The average molecular weight is 703 g/mol. The van der Waals surface area contributed by atoms with E-state index in [9.17, 15) is 19.2 Å². The van der Waals surface area contributed by atoms with Crippen LogP contribution in [-0.4, -0.2) is 23.6 Å². The van der Waals surface area contributed by atoms with Gasteiger partial charge in [0.05, 0.1) is 11.8 Å². The molecule has 52 heavy (non-hydrogen) atoms. The molecular formula is C44H54N4O4. The van der Waals surface area contributed by atoms with Crippen molar-refractivity contribution >= 4 is 46.4 Å². The van der Waals surface area contributed by atoms with Gasteiger partial charge in [0, 0.05) is 35.6 Å². The first-order valence-electron chi connectivity index (χ1n) is 18.8. The van der Waals surface area contributed by atoms with Crippen molar-refractivity contribution in [3.8, 4) is 0 Å². The number of anilines is 4. The number of carbonyl (C=O) groups excluding carboxylic acids is 4. The minimum absolute atomic E-state index is 0.314. The molecule has 274 valence electrons. The Morgan fingerprint density at radius 1 is 0.423 bits per heavy atom. The SMILES string of the molecule is CCCc1cccc(NC(=O)CC(C(=O)Nc2cccc(CCC)c2)C(CC(=O)Nc2cccc(CCC)c2)C(=O)Nc2cccc(CCC)c2)c1. The van der Waals surface area contributed by atoms with Crippen LogP contribution in [0.4, 0.5) is 22.7 Å². The third kappa shape index (κ3) is 12.5. The zero-order valence-corrected chi connectivity index (χ0v) is 31.1. The predicted octanol–water partition coefficient (Wildman–Crippen LogP) is 9.36. The van der Waals surface area contributed by atoms with Crippen molar-refractivity contribution in [2.45, 2.75) is 91.9 Å². The smallest absolute Gasteiger partial charge is 0.228 e. The van der Waals surface area contributed by atoms with Crippen LogP contribution in [0.25, 0.3) is 0 Å². The summed E-state index contributed by atoms with van der Waals surface area (Å²) in [5.41, 5.74) is 6.66. The summed E-state index contributed by atoms with van der Waals surface area (Å²) in [4.78, 5) is 56.1. The second-order valence-electron chi connectivity index (χ2n) is 13.5. The van der Waals surface area contributed by atoms with E-state index in [1.54, 1.807) is 24.3 Å². The number of nitrogens with one attached hydrogen (secondary N) is 4. The molecule has 0 heterocycles. The summed E-state index contributed by atoms with van der Waals surface area (Å²) in [6.45, 7) is 8.36. The molecule has 4 aromatic carbocycles. The fourth-order valence-corrected chi connectivity index (χ4v) is 6.50. The van der Waals surface area contributed by atoms with Crippen molar-refractivity contribution < 1.29 is 19.2 Å². The molecule has 0 fully saturated rings. The van der Waals surface area contributed by atoms with Crippen LogP contribution in [0.15, 0.2) is 97.1 Å². The lowest BCUT2D eigenvalue weighted by Crippen LogP contribution is -2.40. The quantitative estimate of drug-likeness (QED) is 0.0779. The van der Waals surface area contributed by atoms with Crippen LogP contribution in [0.1, 0.15) is 88.5 Å². The fraction of sp³-hybridized carbons (Fsp3) is 0.364. The van der Waals surface area contributed by atoms with Crippen LogP contribution in [0, 0.1) is 11.8 Å². The minimum atomic E-state index is -1.18. The van der Waals surface area contributed by atoms with Crippen LogP contribution < -0.4 is 21.3 Å². The lowest BCUT2D eigenvalue weighted by Gasteiger charge is -2.26. The molecular weight excluding hydrogens is 649 g/mol. The van der Waals surface area contributed by atoms with Crippen molar-refractivity contribution in [2.75, 3.05) is 21.3 Å². The van der Waals surface area contributed by atoms with E-state index in [1.165, 1.54) is 0 Å². The Labute approximate surface area is 309 Å². The zero-order chi connectivity index (χ0) is 37.3. The summed E-state index contributed by atoms with van der Waals surface area (Å²) >= 11 is 0. The molecule has 8 nitrogen and oxygen atoms in total. The second-order valence-corrected chi connectivity index (χ2v) is 13.5. The summed E-state index contributed by atoms with van der Waals surface area (Å²) in [7, 11) is 0. The Morgan fingerprint density at radius 3 is 0.962 bits per heavy atom. The van der Waals surface area contributed by atoms with E-state index in [0.29, 0.717) is 22.7 Å². The molecule has 2 unspecified atom stereocenters. The van der Waals surface area contributed by atoms with Gasteiger partial charge in [0.25, 0.3) is 0 Å². The summed E-state index contributed by atoms with van der Waals surface area (Å²) in [6, 6.07) is 30.4. The predicted molar refractivity (Wildman–Crippen MR) is 212 cm³/mol. The standard InChI is InChI=1S/C44H54N4O4/c1-5-13-31-17-9-21-35(25-31)45-41(49)29-39(43(51)47-37-23-11-19-33(27-37)15-7-3)40(44(52)48-38-24-12-20-34(28-38)16-8-4)30-42(50)46-36-22-10-18-32(26-36)14-6-2/h9-12,17-28,39-40H,5-8,13-16,29-30H2,1-4H3,(H,45,49)(H,46,50)(H,47,51)(H,48,52). The molecule has 4 aromatic rings. The van der Waals surface area contributed by atoms with Gasteiger partial charge in [-0.1, -0.05) is 102 Å². The molecule has 0 bridgehead atoms. The number of carbonyl (C=O) groups is 4. The Balaban J connectivity index is 1.69. The fourth-order valence-electron chi connectivity index (χ4n) is 6.50. The normalized spacial score (nSPS) is 12.0. The first kappa shape index (κ1) is 39.5. The van der Waals surface area contributed by atoms with E-state index in [2.05, 4.69) is 49.0 Å². The van der Waals surface area contributed by atoms with Gasteiger partial charge in [-0.05, 0) is 96.5 Å². The van der Waals surface area contributed by atoms with Crippen LogP contribution in [0.2, 0.25) is 0 Å². The molecule has 4 amide bonds. The van der Waals surface area contributed by atoms with Crippen LogP contribution in [0.5, 0.6) is 0 Å². The Morgan fingerprint density at radius 2 is 0.692 bits per heavy atom. The van der Waals surface area contributed by atoms with E-state index in [1.807, 2.05) is 72.8 Å². The summed E-state index contributed by atoms with van der Waals surface area (Å²) in [6.07, 6.45) is 6.59. The maximum absolute atomic E-state index is 14.3. The molecule has 2 atom stereocenters. The maximum Gasteiger partial charge on any atom is 0.228 e. The number of amides is 4. The molecule has 0 spiro atoms. The van der Waals surface area contributed by atoms with E-state index in [0.717, 1.165) is 73.6 Å². The van der Waals surface area contributed by atoms with Crippen molar-refractivity contribution in [1.29, 1.82) is 0 Å². The van der Waals surface area contributed by atoms with E-state index >= 15 is 0 Å². The highest BCUT2D eigenvalue weighted by molar-refractivity contribution is 6.05. The topological polar surface area (TPSA) is 116 Å². The highest BCUT2D eigenvalue weighted by Crippen LogP contribution is 2.27. The number of hydrogen-bond donors (Lipinski definition) is 4. The van der Waals surface area contributed by atoms with Gasteiger partial charge in [0.1, 0.15) is 0 Å². The number of rotatable bonds is 19. The van der Waals surface area contributed by atoms with Gasteiger partial charge >= 0.3 is 0 Å². The molecule has 0 aliphatic carbocycles. The molecule has 8 heteroatoms. The van der Waals surface area contributed by atoms with E-state index in [4.69, 9.17) is 0 Å². The van der Waals surface area contributed by atoms with Gasteiger partial charge in [0.15, 0.2) is 0 Å². The summed E-state index contributed by atoms with van der Waals surface area (Å²) in [5, 5.41) is 11.8. The highest BCUT2D eigenvalue weighted by Gasteiger charge is 2.37. The molecule has 0 aliphatic heterocycles. The first-order valence-corrected chi connectivity index (χ1v) is 18.8. The van der Waals surface area contributed by atoms with Gasteiger partial charge in [-0.25, -0.2) is 0 Å². The van der Waals surface area contributed by atoms with Crippen molar-refractivity contribution in [1.82, 2.24) is 0 Å². The van der Waals surface area contributed by atoms with Crippen LogP contribution >= 0.6 is 0 Å². The Bertz CT molecular complexity index is 1670. The molecule has 4 rings (SSSR count). The maximum atomic E-state index is 14.3. The monoisotopic (exact) mass is 702 g/mol. The number of hydrogen-bond acceptors (Lipinski definition) is 4. The number of benzene rings is 4. The van der Waals surface area contributed by atoms with Gasteiger partial charge in [-0.2, -0.15) is 0 Å². The molecule has 0 radical (unpaired) electrons. The second kappa shape index (κ2) is 20.6. The average Bonchev–Trinajstić information content (AvgIpc) is 3.11. The molecule has 0 saturated carbocycles. The van der Waals surface area contributed by atoms with E-state index < -0.39 is 35.5 Å². The zero-order valence-electron chi connectivity index (χ0n) is 31.1. The van der Waals surface area contributed by atoms with Crippen molar-refractivity contribution in [2.24, 2.45) is 11.8 Å². The summed E-state index contributed by atoms with van der Waals surface area (Å²) < 4.78 is 0. The van der Waals surface area contributed by atoms with Crippen molar-refractivity contribution in [3.63, 3.8) is 0 Å². The summed E-state index contributed by atoms with van der Waals surface area (Å²) in [5.74, 6) is -4.23. The highest BCUT2D eigenvalue weighted by atomic mass is 16.2. The Hall–Kier alpha value is -5.24. The van der Waals surface area contributed by atoms with Crippen LogP contribution in [0.3, 0.4) is 0 Å². The van der Waals surface area contributed by atoms with Gasteiger partial charge in [-0.15, -0.1) is 0 Å². The Kier molecular flexibility index (Phi) is 15.6. The lowest BCUT2D eigenvalue weighted by molar-refractivity contribution is -0.134. The first-order chi connectivity index (χ1) is 25.2. The van der Waals surface area contributed by atoms with Gasteiger partial charge < -0.3 is 21.3 Å². The minimum Gasteiger partial charge on any atom is -0.326 e. The molecule has 0 aromatic heterocycles. The molecule has 4 N–H and O–H groups in total. The lowest BCUT2D eigenvalue weighted by atomic mass is 9.84. The van der Waals surface area contributed by atoms with Crippen LogP contribution in [-0.2, 0) is 44.9 Å². The molecule has 0 aliphatic rings.